The Morgan fingerprint density at radius 2 is 2.28 bits per heavy atom. The van der Waals surface area contributed by atoms with Crippen molar-refractivity contribution in [1.29, 1.82) is 0 Å². The average Bonchev–Trinajstić information content (AvgIpc) is 2.67. The van der Waals surface area contributed by atoms with Crippen molar-refractivity contribution in [3.63, 3.8) is 0 Å². The quantitative estimate of drug-likeness (QED) is 0.785. The lowest BCUT2D eigenvalue weighted by molar-refractivity contribution is -0.134. The van der Waals surface area contributed by atoms with Gasteiger partial charge in [0.2, 0.25) is 5.91 Å². The molecule has 2 heterocycles. The number of methoxy groups -OCH3 is 1. The Bertz CT molecular complexity index is 794. The van der Waals surface area contributed by atoms with E-state index in [0.717, 1.165) is 22.6 Å². The summed E-state index contributed by atoms with van der Waals surface area (Å²) in [7, 11) is 1.61. The summed E-state index contributed by atoms with van der Waals surface area (Å²) in [5.41, 5.74) is 2.52. The Hall–Kier alpha value is -2.37. The van der Waals surface area contributed by atoms with E-state index < -0.39 is 0 Å². The first-order valence-electron chi connectivity index (χ1n) is 7.94. The van der Waals surface area contributed by atoms with Crippen molar-refractivity contribution in [3.8, 4) is 17.0 Å². The standard InChI is InChI=1S/C19H19ClN2O3/c1-3-19(23)22-6-7-25-12-18(22)14-8-13(9-15(20)10-14)17-11-16(24-2)4-5-21-17/h3-5,8-11,18H,1,6-7,12H2,2H3/t18-/m0/s1. The fourth-order valence-electron chi connectivity index (χ4n) is 2.91. The largest absolute Gasteiger partial charge is 0.497 e. The molecule has 0 unspecified atom stereocenters. The maximum atomic E-state index is 12.2. The smallest absolute Gasteiger partial charge is 0.246 e. The molecular formula is C19H19ClN2O3. The molecule has 25 heavy (non-hydrogen) atoms. The van der Waals surface area contributed by atoms with Gasteiger partial charge in [-0.3, -0.25) is 9.78 Å². The van der Waals surface area contributed by atoms with E-state index in [9.17, 15) is 4.79 Å². The van der Waals surface area contributed by atoms with Crippen LogP contribution in [0.25, 0.3) is 11.3 Å². The van der Waals surface area contributed by atoms with E-state index >= 15 is 0 Å². The number of morpholine rings is 1. The number of aromatic nitrogens is 1. The zero-order chi connectivity index (χ0) is 17.8. The second-order valence-corrected chi connectivity index (χ2v) is 6.12. The monoisotopic (exact) mass is 358 g/mol. The van der Waals surface area contributed by atoms with Crippen molar-refractivity contribution in [1.82, 2.24) is 9.88 Å². The number of halogens is 1. The van der Waals surface area contributed by atoms with Crippen LogP contribution in [-0.2, 0) is 9.53 Å². The van der Waals surface area contributed by atoms with Crippen molar-refractivity contribution >= 4 is 17.5 Å². The first-order valence-corrected chi connectivity index (χ1v) is 8.32. The molecule has 1 fully saturated rings. The van der Waals surface area contributed by atoms with Gasteiger partial charge in [0, 0.05) is 29.4 Å². The summed E-state index contributed by atoms with van der Waals surface area (Å²) in [5, 5.41) is 0.577. The molecule has 1 aromatic heterocycles. The van der Waals surface area contributed by atoms with Crippen LogP contribution < -0.4 is 4.74 Å². The summed E-state index contributed by atoms with van der Waals surface area (Å²) in [4.78, 5) is 18.3. The van der Waals surface area contributed by atoms with Crippen LogP contribution in [0, 0.1) is 0 Å². The molecule has 1 saturated heterocycles. The molecule has 6 heteroatoms. The number of hydrogen-bond acceptors (Lipinski definition) is 4. The first-order chi connectivity index (χ1) is 12.1. The SMILES string of the molecule is C=CC(=O)N1CCOC[C@H]1c1cc(Cl)cc(-c2cc(OC)ccn2)c1. The van der Waals surface area contributed by atoms with Gasteiger partial charge in [-0.2, -0.15) is 0 Å². The lowest BCUT2D eigenvalue weighted by Gasteiger charge is -2.35. The number of carbonyl (C=O) groups is 1. The fraction of sp³-hybridized carbons (Fsp3) is 0.263. The highest BCUT2D eigenvalue weighted by Crippen LogP contribution is 2.32. The molecule has 0 bridgehead atoms. The van der Waals surface area contributed by atoms with Gasteiger partial charge in [0.25, 0.3) is 0 Å². The number of carbonyl (C=O) groups excluding carboxylic acids is 1. The maximum absolute atomic E-state index is 12.2. The van der Waals surface area contributed by atoms with Crippen LogP contribution in [0.3, 0.4) is 0 Å². The number of nitrogens with zero attached hydrogens (tertiary/aromatic N) is 2. The van der Waals surface area contributed by atoms with Gasteiger partial charge in [-0.05, 0) is 35.9 Å². The molecular weight excluding hydrogens is 340 g/mol. The number of hydrogen-bond donors (Lipinski definition) is 0. The van der Waals surface area contributed by atoms with Crippen LogP contribution in [0.1, 0.15) is 11.6 Å². The molecule has 3 rings (SSSR count). The molecule has 1 aromatic carbocycles. The highest BCUT2D eigenvalue weighted by Gasteiger charge is 2.27. The number of pyridine rings is 1. The van der Waals surface area contributed by atoms with Crippen LogP contribution in [0.15, 0.2) is 49.2 Å². The maximum Gasteiger partial charge on any atom is 0.246 e. The third-order valence-electron chi connectivity index (χ3n) is 4.15. The average molecular weight is 359 g/mol. The summed E-state index contributed by atoms with van der Waals surface area (Å²) in [6, 6.07) is 9.11. The van der Waals surface area contributed by atoms with Gasteiger partial charge in [0.05, 0.1) is 32.1 Å². The second-order valence-electron chi connectivity index (χ2n) is 5.68. The highest BCUT2D eigenvalue weighted by molar-refractivity contribution is 6.31. The molecule has 0 N–H and O–H groups in total. The van der Waals surface area contributed by atoms with Crippen molar-refractivity contribution in [2.75, 3.05) is 26.9 Å². The van der Waals surface area contributed by atoms with Gasteiger partial charge in [0.15, 0.2) is 0 Å². The van der Waals surface area contributed by atoms with E-state index in [4.69, 9.17) is 21.1 Å². The molecule has 0 spiro atoms. The van der Waals surface area contributed by atoms with Crippen LogP contribution >= 0.6 is 11.6 Å². The number of ether oxygens (including phenoxy) is 2. The van der Waals surface area contributed by atoms with Crippen molar-refractivity contribution in [3.05, 3.63) is 59.8 Å². The van der Waals surface area contributed by atoms with Crippen molar-refractivity contribution in [2.45, 2.75) is 6.04 Å². The second kappa shape index (κ2) is 7.68. The van der Waals surface area contributed by atoms with E-state index in [2.05, 4.69) is 11.6 Å². The van der Waals surface area contributed by atoms with Crippen molar-refractivity contribution in [2.24, 2.45) is 0 Å². The summed E-state index contributed by atoms with van der Waals surface area (Å²) in [6.45, 7) is 5.04. The van der Waals surface area contributed by atoms with Gasteiger partial charge in [-0.15, -0.1) is 0 Å². The lowest BCUT2D eigenvalue weighted by atomic mass is 10.00. The summed E-state index contributed by atoms with van der Waals surface area (Å²) < 4.78 is 10.8. The van der Waals surface area contributed by atoms with E-state index in [1.54, 1.807) is 24.3 Å². The minimum Gasteiger partial charge on any atom is -0.497 e. The summed E-state index contributed by atoms with van der Waals surface area (Å²) in [5.74, 6) is 0.602. The van der Waals surface area contributed by atoms with Crippen LogP contribution in [0.5, 0.6) is 5.75 Å². The normalized spacial score (nSPS) is 17.2. The fourth-order valence-corrected chi connectivity index (χ4v) is 3.15. The number of rotatable bonds is 4. The van der Waals surface area contributed by atoms with Gasteiger partial charge in [0.1, 0.15) is 5.75 Å². The van der Waals surface area contributed by atoms with E-state index in [1.807, 2.05) is 24.3 Å². The zero-order valence-electron chi connectivity index (χ0n) is 13.9. The van der Waals surface area contributed by atoms with Gasteiger partial charge in [-0.1, -0.05) is 18.2 Å². The molecule has 0 radical (unpaired) electrons. The molecule has 130 valence electrons. The Morgan fingerprint density at radius 3 is 3.04 bits per heavy atom. The summed E-state index contributed by atoms with van der Waals surface area (Å²) in [6.07, 6.45) is 3.01. The van der Waals surface area contributed by atoms with Crippen LogP contribution in [-0.4, -0.2) is 42.7 Å². The summed E-state index contributed by atoms with van der Waals surface area (Å²) >= 11 is 6.33. The molecule has 0 saturated carbocycles. The van der Waals surface area contributed by atoms with Crippen LogP contribution in [0.2, 0.25) is 5.02 Å². The highest BCUT2D eigenvalue weighted by atomic mass is 35.5. The minimum atomic E-state index is -0.206. The number of benzene rings is 1. The van der Waals surface area contributed by atoms with Gasteiger partial charge in [-0.25, -0.2) is 0 Å². The van der Waals surface area contributed by atoms with E-state index in [1.165, 1.54) is 6.08 Å². The Balaban J connectivity index is 2.00. The first kappa shape index (κ1) is 17.5. The molecule has 1 atom stereocenters. The number of amides is 1. The predicted molar refractivity (Wildman–Crippen MR) is 96.7 cm³/mol. The lowest BCUT2D eigenvalue weighted by Crippen LogP contribution is -2.42. The molecule has 1 aliphatic heterocycles. The van der Waals surface area contributed by atoms with Gasteiger partial charge < -0.3 is 14.4 Å². The Labute approximate surface area is 151 Å². The Kier molecular flexibility index (Phi) is 5.36. The molecule has 2 aromatic rings. The third-order valence-corrected chi connectivity index (χ3v) is 4.37. The third kappa shape index (κ3) is 3.83. The predicted octanol–water partition coefficient (Wildman–Crippen LogP) is 3.50. The van der Waals surface area contributed by atoms with Crippen LogP contribution in [0.4, 0.5) is 0 Å². The minimum absolute atomic E-state index is 0.116. The van der Waals surface area contributed by atoms with E-state index in [-0.39, 0.29) is 11.9 Å². The molecule has 1 aliphatic rings. The van der Waals surface area contributed by atoms with Gasteiger partial charge >= 0.3 is 0 Å². The molecule has 1 amide bonds. The topological polar surface area (TPSA) is 51.7 Å². The molecule has 0 aliphatic carbocycles. The van der Waals surface area contributed by atoms with Crippen molar-refractivity contribution < 1.29 is 14.3 Å². The Morgan fingerprint density at radius 1 is 1.44 bits per heavy atom. The molecule has 5 nitrogen and oxygen atoms in total. The zero-order valence-corrected chi connectivity index (χ0v) is 14.7. The van der Waals surface area contributed by atoms with E-state index in [0.29, 0.717) is 24.8 Å².